The number of carbonyl (C=O) groups is 1. The summed E-state index contributed by atoms with van der Waals surface area (Å²) in [7, 11) is 3.71. The van der Waals surface area contributed by atoms with Crippen LogP contribution in [0.15, 0.2) is 42.5 Å². The molecule has 2 aromatic carbocycles. The fourth-order valence-electron chi connectivity index (χ4n) is 3.79. The van der Waals surface area contributed by atoms with Gasteiger partial charge in [0.25, 0.3) is 0 Å². The Hall–Kier alpha value is -2.53. The van der Waals surface area contributed by atoms with Crippen molar-refractivity contribution in [3.63, 3.8) is 0 Å². The number of para-hydroxylation sites is 2. The summed E-state index contributed by atoms with van der Waals surface area (Å²) in [5, 5.41) is 0. The second-order valence-corrected chi connectivity index (χ2v) is 7.64. The topological polar surface area (TPSA) is 36.0 Å². The molecular weight excluding hydrogens is 350 g/mol. The lowest BCUT2D eigenvalue weighted by molar-refractivity contribution is -0.132. The Kier molecular flexibility index (Phi) is 6.57. The van der Waals surface area contributed by atoms with E-state index in [1.165, 1.54) is 16.7 Å². The largest absolute Gasteiger partial charge is 0.495 e. The quantitative estimate of drug-likeness (QED) is 0.770. The Labute approximate surface area is 168 Å². The molecule has 1 amide bonds. The minimum atomic E-state index is 0.201. The molecule has 0 radical (unpaired) electrons. The zero-order chi connectivity index (χ0) is 20.1. The number of anilines is 1. The summed E-state index contributed by atoms with van der Waals surface area (Å²) in [4.78, 5) is 19.1. The third-order valence-electron chi connectivity index (χ3n) is 5.40. The number of piperazine rings is 1. The highest BCUT2D eigenvalue weighted by Gasteiger charge is 2.23. The Morgan fingerprint density at radius 3 is 2.46 bits per heavy atom. The van der Waals surface area contributed by atoms with Crippen molar-refractivity contribution in [3.8, 4) is 5.75 Å². The summed E-state index contributed by atoms with van der Waals surface area (Å²) in [6, 6.07) is 14.6. The number of hydrogen-bond acceptors (Lipinski definition) is 4. The van der Waals surface area contributed by atoms with E-state index in [1.807, 2.05) is 30.1 Å². The summed E-state index contributed by atoms with van der Waals surface area (Å²) in [6.45, 7) is 8.62. The van der Waals surface area contributed by atoms with Crippen LogP contribution < -0.4 is 9.64 Å². The minimum Gasteiger partial charge on any atom is -0.495 e. The van der Waals surface area contributed by atoms with Gasteiger partial charge in [0.05, 0.1) is 19.3 Å². The van der Waals surface area contributed by atoms with Crippen LogP contribution in [0.25, 0.3) is 0 Å². The van der Waals surface area contributed by atoms with Crippen molar-refractivity contribution in [1.29, 1.82) is 0 Å². The molecule has 150 valence electrons. The number of likely N-dealkylation sites (N-methyl/N-ethyl adjacent to an activating group) is 1. The van der Waals surface area contributed by atoms with Crippen molar-refractivity contribution < 1.29 is 9.53 Å². The Bertz CT molecular complexity index is 813. The molecule has 28 heavy (non-hydrogen) atoms. The molecule has 0 N–H and O–H groups in total. The number of hydrogen-bond donors (Lipinski definition) is 0. The maximum absolute atomic E-state index is 12.7. The summed E-state index contributed by atoms with van der Waals surface area (Å²) in [5.74, 6) is 1.09. The summed E-state index contributed by atoms with van der Waals surface area (Å²) in [6.07, 6.45) is 0. The van der Waals surface area contributed by atoms with Gasteiger partial charge in [0, 0.05) is 32.7 Å². The van der Waals surface area contributed by atoms with Crippen LogP contribution in [0.4, 0.5) is 5.69 Å². The van der Waals surface area contributed by atoms with Gasteiger partial charge in [-0.05, 0) is 44.2 Å². The summed E-state index contributed by atoms with van der Waals surface area (Å²) >= 11 is 0. The number of carbonyl (C=O) groups excluding carboxylic acids is 1. The van der Waals surface area contributed by atoms with Crippen molar-refractivity contribution in [3.05, 3.63) is 59.2 Å². The molecule has 0 aromatic heterocycles. The minimum absolute atomic E-state index is 0.201. The first-order chi connectivity index (χ1) is 13.5. The van der Waals surface area contributed by atoms with E-state index in [2.05, 4.69) is 47.9 Å². The molecule has 0 bridgehead atoms. The van der Waals surface area contributed by atoms with Gasteiger partial charge in [0.1, 0.15) is 5.75 Å². The molecule has 0 aliphatic carbocycles. The number of ether oxygens (including phenoxy) is 1. The molecule has 1 fully saturated rings. The van der Waals surface area contributed by atoms with Crippen LogP contribution in [0.5, 0.6) is 5.75 Å². The summed E-state index contributed by atoms with van der Waals surface area (Å²) in [5.41, 5.74) is 4.93. The SMILES string of the molecule is COc1ccccc1N1CCN(C(=O)CN(C)Cc2ccc(C)cc2C)CC1. The molecule has 5 heteroatoms. The predicted molar refractivity (Wildman–Crippen MR) is 114 cm³/mol. The van der Waals surface area contributed by atoms with Crippen molar-refractivity contribution in [2.24, 2.45) is 0 Å². The maximum Gasteiger partial charge on any atom is 0.236 e. The molecule has 0 unspecified atom stereocenters. The molecule has 0 atom stereocenters. The third-order valence-corrected chi connectivity index (χ3v) is 5.40. The van der Waals surface area contributed by atoms with E-state index in [-0.39, 0.29) is 5.91 Å². The highest BCUT2D eigenvalue weighted by atomic mass is 16.5. The first-order valence-corrected chi connectivity index (χ1v) is 9.88. The Morgan fingerprint density at radius 1 is 1.07 bits per heavy atom. The number of benzene rings is 2. The standard InChI is InChI=1S/C23H31N3O2/c1-18-9-10-20(19(2)15-18)16-24(3)17-23(27)26-13-11-25(12-14-26)21-7-5-6-8-22(21)28-4/h5-10,15H,11-14,16-17H2,1-4H3. The molecule has 2 aromatic rings. The van der Waals surface area contributed by atoms with Crippen molar-refractivity contribution >= 4 is 11.6 Å². The van der Waals surface area contributed by atoms with E-state index >= 15 is 0 Å². The number of nitrogens with zero attached hydrogens (tertiary/aromatic N) is 3. The molecular formula is C23H31N3O2. The van der Waals surface area contributed by atoms with Crippen LogP contribution in [0.2, 0.25) is 0 Å². The van der Waals surface area contributed by atoms with Gasteiger partial charge in [-0.2, -0.15) is 0 Å². The number of rotatable bonds is 6. The third kappa shape index (κ3) is 4.84. The molecule has 1 aliphatic heterocycles. The number of amides is 1. The lowest BCUT2D eigenvalue weighted by Gasteiger charge is -2.37. The molecule has 1 heterocycles. The number of aryl methyl sites for hydroxylation is 2. The highest BCUT2D eigenvalue weighted by Crippen LogP contribution is 2.28. The molecule has 0 saturated carbocycles. The summed E-state index contributed by atoms with van der Waals surface area (Å²) < 4.78 is 5.47. The lowest BCUT2D eigenvalue weighted by Crippen LogP contribution is -2.51. The van der Waals surface area contributed by atoms with Gasteiger partial charge in [0.15, 0.2) is 0 Å². The second kappa shape index (κ2) is 9.11. The van der Waals surface area contributed by atoms with Gasteiger partial charge in [0.2, 0.25) is 5.91 Å². The molecule has 1 aliphatic rings. The normalized spacial score (nSPS) is 14.5. The zero-order valence-electron chi connectivity index (χ0n) is 17.4. The van der Waals surface area contributed by atoms with E-state index in [0.717, 1.165) is 44.2 Å². The Balaban J connectivity index is 1.52. The van der Waals surface area contributed by atoms with Crippen molar-refractivity contribution in [2.45, 2.75) is 20.4 Å². The zero-order valence-corrected chi connectivity index (χ0v) is 17.4. The van der Waals surface area contributed by atoms with Crippen LogP contribution in [0.3, 0.4) is 0 Å². The van der Waals surface area contributed by atoms with Crippen LogP contribution in [-0.2, 0) is 11.3 Å². The molecule has 5 nitrogen and oxygen atoms in total. The predicted octanol–water partition coefficient (Wildman–Crippen LogP) is 3.09. The van der Waals surface area contributed by atoms with Crippen LogP contribution in [0, 0.1) is 13.8 Å². The molecule has 3 rings (SSSR count). The van der Waals surface area contributed by atoms with Gasteiger partial charge in [-0.15, -0.1) is 0 Å². The van der Waals surface area contributed by atoms with Gasteiger partial charge < -0.3 is 14.5 Å². The van der Waals surface area contributed by atoms with Crippen LogP contribution in [0.1, 0.15) is 16.7 Å². The smallest absolute Gasteiger partial charge is 0.236 e. The number of methoxy groups -OCH3 is 1. The van der Waals surface area contributed by atoms with E-state index in [1.54, 1.807) is 7.11 Å². The fraction of sp³-hybridized carbons (Fsp3) is 0.435. The maximum atomic E-state index is 12.7. The Morgan fingerprint density at radius 2 is 1.79 bits per heavy atom. The fourth-order valence-corrected chi connectivity index (χ4v) is 3.79. The van der Waals surface area contributed by atoms with Gasteiger partial charge in [-0.25, -0.2) is 0 Å². The average molecular weight is 382 g/mol. The van der Waals surface area contributed by atoms with E-state index in [9.17, 15) is 4.79 Å². The molecule has 1 saturated heterocycles. The van der Waals surface area contributed by atoms with E-state index < -0.39 is 0 Å². The molecule has 0 spiro atoms. The van der Waals surface area contributed by atoms with Gasteiger partial charge >= 0.3 is 0 Å². The highest BCUT2D eigenvalue weighted by molar-refractivity contribution is 5.78. The van der Waals surface area contributed by atoms with Gasteiger partial charge in [-0.1, -0.05) is 35.9 Å². The van der Waals surface area contributed by atoms with E-state index in [0.29, 0.717) is 6.54 Å². The first-order valence-electron chi connectivity index (χ1n) is 9.88. The van der Waals surface area contributed by atoms with E-state index in [4.69, 9.17) is 4.74 Å². The second-order valence-electron chi connectivity index (χ2n) is 7.64. The van der Waals surface area contributed by atoms with Crippen LogP contribution >= 0.6 is 0 Å². The lowest BCUT2D eigenvalue weighted by atomic mass is 10.1. The average Bonchev–Trinajstić information content (AvgIpc) is 2.70. The van der Waals surface area contributed by atoms with Crippen LogP contribution in [-0.4, -0.2) is 62.6 Å². The van der Waals surface area contributed by atoms with Crippen molar-refractivity contribution in [2.75, 3.05) is 51.8 Å². The van der Waals surface area contributed by atoms with Crippen molar-refractivity contribution in [1.82, 2.24) is 9.80 Å². The first kappa shape index (κ1) is 20.2. The monoisotopic (exact) mass is 381 g/mol. The van der Waals surface area contributed by atoms with Gasteiger partial charge in [-0.3, -0.25) is 9.69 Å².